The molecule has 2 amide bonds. The van der Waals surface area contributed by atoms with Crippen molar-refractivity contribution in [3.05, 3.63) is 24.3 Å². The summed E-state index contributed by atoms with van der Waals surface area (Å²) in [6.07, 6.45) is 0.267. The summed E-state index contributed by atoms with van der Waals surface area (Å²) in [7, 11) is 2.01. The van der Waals surface area contributed by atoms with Crippen LogP contribution in [0.15, 0.2) is 24.3 Å². The SMILES string of the molecule is CCOc1ccc(N2C[C@H](C(=O)NCCN(C)CC)CC2=O)cc1. The molecule has 1 heterocycles. The lowest BCUT2D eigenvalue weighted by atomic mass is 10.1. The zero-order chi connectivity index (χ0) is 17.5. The molecular formula is C18H27N3O3. The van der Waals surface area contributed by atoms with E-state index in [-0.39, 0.29) is 24.2 Å². The number of hydrogen-bond donors (Lipinski definition) is 1. The Balaban J connectivity index is 1.89. The van der Waals surface area contributed by atoms with Gasteiger partial charge in [0.25, 0.3) is 0 Å². The van der Waals surface area contributed by atoms with E-state index in [1.807, 2.05) is 38.2 Å². The maximum atomic E-state index is 12.2. The van der Waals surface area contributed by atoms with Crippen LogP contribution in [0.4, 0.5) is 5.69 Å². The first-order chi connectivity index (χ1) is 11.5. The molecule has 2 rings (SSSR count). The van der Waals surface area contributed by atoms with Crippen LogP contribution < -0.4 is 15.0 Å². The van der Waals surface area contributed by atoms with E-state index in [9.17, 15) is 9.59 Å². The highest BCUT2D eigenvalue weighted by Gasteiger charge is 2.34. The van der Waals surface area contributed by atoms with Crippen molar-refractivity contribution >= 4 is 17.5 Å². The number of nitrogens with one attached hydrogen (secondary N) is 1. The smallest absolute Gasteiger partial charge is 0.227 e. The zero-order valence-corrected chi connectivity index (χ0v) is 14.7. The van der Waals surface area contributed by atoms with Crippen LogP contribution in [-0.2, 0) is 9.59 Å². The number of carbonyl (C=O) groups excluding carboxylic acids is 2. The highest BCUT2D eigenvalue weighted by Crippen LogP contribution is 2.26. The van der Waals surface area contributed by atoms with E-state index in [2.05, 4.69) is 17.1 Å². The van der Waals surface area contributed by atoms with E-state index in [1.54, 1.807) is 4.90 Å². The first-order valence-corrected chi connectivity index (χ1v) is 8.54. The van der Waals surface area contributed by atoms with Crippen molar-refractivity contribution in [2.24, 2.45) is 5.92 Å². The van der Waals surface area contributed by atoms with Crippen molar-refractivity contribution in [3.63, 3.8) is 0 Å². The predicted octanol–water partition coefficient (Wildman–Crippen LogP) is 1.51. The van der Waals surface area contributed by atoms with Crippen LogP contribution in [0.1, 0.15) is 20.3 Å². The van der Waals surface area contributed by atoms with Crippen molar-refractivity contribution in [3.8, 4) is 5.75 Å². The van der Waals surface area contributed by atoms with E-state index in [1.165, 1.54) is 0 Å². The van der Waals surface area contributed by atoms with E-state index in [0.717, 1.165) is 24.5 Å². The van der Waals surface area contributed by atoms with Gasteiger partial charge in [-0.15, -0.1) is 0 Å². The molecule has 1 aromatic rings. The van der Waals surface area contributed by atoms with Gasteiger partial charge >= 0.3 is 0 Å². The summed E-state index contributed by atoms with van der Waals surface area (Å²) < 4.78 is 5.41. The fraction of sp³-hybridized carbons (Fsp3) is 0.556. The van der Waals surface area contributed by atoms with Gasteiger partial charge in [0.05, 0.1) is 12.5 Å². The number of rotatable bonds is 8. The highest BCUT2D eigenvalue weighted by molar-refractivity contribution is 6.00. The van der Waals surface area contributed by atoms with Gasteiger partial charge in [-0.25, -0.2) is 0 Å². The van der Waals surface area contributed by atoms with Crippen LogP contribution in [0.5, 0.6) is 5.75 Å². The molecule has 132 valence electrons. The Hall–Kier alpha value is -2.08. The molecule has 0 aliphatic carbocycles. The van der Waals surface area contributed by atoms with Crippen molar-refractivity contribution < 1.29 is 14.3 Å². The minimum atomic E-state index is -0.281. The molecule has 1 aromatic carbocycles. The largest absolute Gasteiger partial charge is 0.494 e. The van der Waals surface area contributed by atoms with Gasteiger partial charge in [-0.2, -0.15) is 0 Å². The second-order valence-corrected chi connectivity index (χ2v) is 6.02. The van der Waals surface area contributed by atoms with Crippen molar-refractivity contribution in [1.29, 1.82) is 0 Å². The van der Waals surface area contributed by atoms with E-state index in [0.29, 0.717) is 19.7 Å². The normalized spacial score (nSPS) is 17.4. The van der Waals surface area contributed by atoms with Gasteiger partial charge < -0.3 is 19.9 Å². The van der Waals surface area contributed by atoms with Crippen LogP contribution in [0.25, 0.3) is 0 Å². The molecule has 0 spiro atoms. The number of ether oxygens (including phenoxy) is 1. The van der Waals surface area contributed by atoms with Crippen molar-refractivity contribution in [2.45, 2.75) is 20.3 Å². The molecule has 1 atom stereocenters. The summed E-state index contributed by atoms with van der Waals surface area (Å²) in [4.78, 5) is 28.3. The number of hydrogen-bond acceptors (Lipinski definition) is 4. The second kappa shape index (κ2) is 8.68. The second-order valence-electron chi connectivity index (χ2n) is 6.02. The van der Waals surface area contributed by atoms with Crippen LogP contribution in [0, 0.1) is 5.92 Å². The third-order valence-electron chi connectivity index (χ3n) is 4.29. The lowest BCUT2D eigenvalue weighted by Crippen LogP contribution is -2.37. The highest BCUT2D eigenvalue weighted by atomic mass is 16.5. The number of amides is 2. The number of anilines is 1. The molecule has 1 aliphatic rings. The minimum Gasteiger partial charge on any atom is -0.494 e. The molecule has 1 fully saturated rings. The average molecular weight is 333 g/mol. The maximum Gasteiger partial charge on any atom is 0.227 e. The van der Waals surface area contributed by atoms with Crippen LogP contribution in [0.3, 0.4) is 0 Å². The number of carbonyl (C=O) groups is 2. The number of benzene rings is 1. The quantitative estimate of drug-likeness (QED) is 0.783. The van der Waals surface area contributed by atoms with Crippen molar-refractivity contribution in [1.82, 2.24) is 10.2 Å². The Kier molecular flexibility index (Phi) is 6.61. The van der Waals surface area contributed by atoms with Gasteiger partial charge in [-0.05, 0) is 44.8 Å². The van der Waals surface area contributed by atoms with Crippen LogP contribution in [0.2, 0.25) is 0 Å². The molecule has 0 unspecified atom stereocenters. The Labute approximate surface area is 143 Å². The zero-order valence-electron chi connectivity index (χ0n) is 14.7. The van der Waals surface area contributed by atoms with Gasteiger partial charge in [0.1, 0.15) is 5.75 Å². The molecule has 6 heteroatoms. The van der Waals surface area contributed by atoms with E-state index in [4.69, 9.17) is 4.74 Å². The maximum absolute atomic E-state index is 12.2. The third-order valence-corrected chi connectivity index (χ3v) is 4.29. The molecule has 0 radical (unpaired) electrons. The number of likely N-dealkylation sites (N-methyl/N-ethyl adjacent to an activating group) is 1. The standard InChI is InChI=1S/C18H27N3O3/c1-4-20(3)11-10-19-18(23)14-12-17(22)21(13-14)15-6-8-16(9-7-15)24-5-2/h6-9,14H,4-5,10-13H2,1-3H3,(H,19,23)/t14-/m1/s1. The van der Waals surface area contributed by atoms with E-state index < -0.39 is 0 Å². The van der Waals surface area contributed by atoms with E-state index >= 15 is 0 Å². The fourth-order valence-corrected chi connectivity index (χ4v) is 2.69. The van der Waals surface area contributed by atoms with Gasteiger partial charge in [0.2, 0.25) is 11.8 Å². The first kappa shape index (κ1) is 18.3. The van der Waals surface area contributed by atoms with Crippen LogP contribution in [-0.4, -0.2) is 56.5 Å². The average Bonchev–Trinajstić information content (AvgIpc) is 2.97. The molecule has 6 nitrogen and oxygen atoms in total. The van der Waals surface area contributed by atoms with Gasteiger partial charge in [0, 0.05) is 31.7 Å². The Morgan fingerprint density at radius 2 is 2.04 bits per heavy atom. The Bertz CT molecular complexity index is 559. The fourth-order valence-electron chi connectivity index (χ4n) is 2.69. The molecule has 1 saturated heterocycles. The molecule has 1 aliphatic heterocycles. The molecule has 0 bridgehead atoms. The molecule has 0 saturated carbocycles. The summed E-state index contributed by atoms with van der Waals surface area (Å²) in [6.45, 7) is 7.41. The minimum absolute atomic E-state index is 0.00927. The molecular weight excluding hydrogens is 306 g/mol. The Morgan fingerprint density at radius 1 is 1.33 bits per heavy atom. The summed E-state index contributed by atoms with van der Waals surface area (Å²) in [6, 6.07) is 7.42. The molecule has 1 N–H and O–H groups in total. The lowest BCUT2D eigenvalue weighted by molar-refractivity contribution is -0.126. The summed E-state index contributed by atoms with van der Waals surface area (Å²) >= 11 is 0. The van der Waals surface area contributed by atoms with Crippen molar-refractivity contribution in [2.75, 3.05) is 44.7 Å². The molecule has 24 heavy (non-hydrogen) atoms. The lowest BCUT2D eigenvalue weighted by Gasteiger charge is -2.18. The van der Waals surface area contributed by atoms with Gasteiger partial charge in [-0.3, -0.25) is 9.59 Å². The first-order valence-electron chi connectivity index (χ1n) is 8.54. The van der Waals surface area contributed by atoms with Gasteiger partial charge in [-0.1, -0.05) is 6.92 Å². The summed E-state index contributed by atoms with van der Waals surface area (Å²) in [5.74, 6) is 0.449. The topological polar surface area (TPSA) is 61.9 Å². The summed E-state index contributed by atoms with van der Waals surface area (Å²) in [5.41, 5.74) is 0.810. The summed E-state index contributed by atoms with van der Waals surface area (Å²) in [5, 5.41) is 2.93. The number of nitrogens with zero attached hydrogens (tertiary/aromatic N) is 2. The van der Waals surface area contributed by atoms with Crippen LogP contribution >= 0.6 is 0 Å². The Morgan fingerprint density at radius 3 is 2.67 bits per heavy atom. The van der Waals surface area contributed by atoms with Gasteiger partial charge in [0.15, 0.2) is 0 Å². The monoisotopic (exact) mass is 333 g/mol. The molecule has 0 aromatic heterocycles. The third kappa shape index (κ3) is 4.71. The predicted molar refractivity (Wildman–Crippen MR) is 94.3 cm³/mol.